The highest BCUT2D eigenvalue weighted by Gasteiger charge is 2.54. The fourth-order valence-corrected chi connectivity index (χ4v) is 6.35. The Hall–Kier alpha value is -2.74. The van der Waals surface area contributed by atoms with Crippen LogP contribution in [0.3, 0.4) is 0 Å². The number of nitrogens with zero attached hydrogens (tertiary/aromatic N) is 4. The number of nitrogens with one attached hydrogen (secondary N) is 3. The Morgan fingerprint density at radius 3 is 2.69 bits per heavy atom. The number of piperazine rings is 1. The molecule has 3 fully saturated rings. The van der Waals surface area contributed by atoms with Crippen LogP contribution in [0, 0.1) is 11.3 Å². The van der Waals surface area contributed by atoms with Gasteiger partial charge in [-0.3, -0.25) is 4.79 Å². The van der Waals surface area contributed by atoms with Gasteiger partial charge < -0.3 is 20.9 Å². The van der Waals surface area contributed by atoms with Gasteiger partial charge in [-0.15, -0.1) is 0 Å². The Labute approximate surface area is 188 Å². The van der Waals surface area contributed by atoms with Crippen LogP contribution in [0.2, 0.25) is 0 Å². The van der Waals surface area contributed by atoms with Gasteiger partial charge in [-0.05, 0) is 42.4 Å². The molecule has 0 bridgehead atoms. The minimum atomic E-state index is -0.00200. The molecular formula is C24H31N7O. The lowest BCUT2D eigenvalue weighted by molar-refractivity contribution is -0.131. The van der Waals surface area contributed by atoms with Crippen molar-refractivity contribution in [2.45, 2.75) is 44.4 Å². The Kier molecular flexibility index (Phi) is 4.97. The molecule has 168 valence electrons. The zero-order valence-corrected chi connectivity index (χ0v) is 18.4. The van der Waals surface area contributed by atoms with Gasteiger partial charge in [0.05, 0.1) is 23.5 Å². The first kappa shape index (κ1) is 19.9. The molecule has 2 saturated heterocycles. The van der Waals surface area contributed by atoms with E-state index >= 15 is 0 Å². The fraction of sp³-hybridized carbons (Fsp3) is 0.583. The summed E-state index contributed by atoms with van der Waals surface area (Å²) in [5.41, 5.74) is 3.51. The third kappa shape index (κ3) is 3.41. The lowest BCUT2D eigenvalue weighted by Gasteiger charge is -2.47. The molecule has 0 radical (unpaired) electrons. The van der Waals surface area contributed by atoms with E-state index in [2.05, 4.69) is 36.9 Å². The topological polar surface area (TPSA) is 95.1 Å². The van der Waals surface area contributed by atoms with Crippen LogP contribution in [0.5, 0.6) is 0 Å². The third-order valence-corrected chi connectivity index (χ3v) is 7.97. The molecule has 4 aliphatic rings. The number of aromatic nitrogens is 3. The number of fused-ring (bicyclic) bond motifs is 4. The number of piperidine rings is 1. The van der Waals surface area contributed by atoms with Gasteiger partial charge in [-0.2, -0.15) is 0 Å². The SMILES string of the molecule is O=C1NCC2(CCCCC2)C2c3nc(Nc4ccc(N5CCNCC5)cn4)ncc3CC12. The predicted octanol–water partition coefficient (Wildman–Crippen LogP) is 2.36. The van der Waals surface area contributed by atoms with E-state index in [9.17, 15) is 4.79 Å². The molecule has 2 unspecified atom stereocenters. The molecular weight excluding hydrogens is 402 g/mol. The van der Waals surface area contributed by atoms with Crippen molar-refractivity contribution in [2.24, 2.45) is 11.3 Å². The van der Waals surface area contributed by atoms with Crippen molar-refractivity contribution in [2.75, 3.05) is 42.9 Å². The first-order valence-electron chi connectivity index (χ1n) is 12.0. The second-order valence-corrected chi connectivity index (χ2v) is 9.80. The lowest BCUT2D eigenvalue weighted by atomic mass is 9.60. The Morgan fingerprint density at radius 1 is 1.06 bits per heavy atom. The standard InChI is InChI=1S/C24H31N7O/c32-22-18-12-16-13-27-23(29-19-5-4-17(14-26-19)31-10-8-25-9-11-31)30-21(16)20(18)24(15-28-22)6-2-1-3-7-24/h4-5,13-14,18,20,25H,1-3,6-12,15H2,(H,28,32)(H,26,27,29,30). The Balaban J connectivity index is 1.25. The molecule has 6 rings (SSSR count). The zero-order chi connectivity index (χ0) is 21.5. The van der Waals surface area contributed by atoms with Crippen LogP contribution < -0.4 is 20.9 Å². The molecule has 8 nitrogen and oxygen atoms in total. The van der Waals surface area contributed by atoms with Crippen LogP contribution in [0.25, 0.3) is 0 Å². The summed E-state index contributed by atoms with van der Waals surface area (Å²) in [4.78, 5) is 29.2. The second-order valence-electron chi connectivity index (χ2n) is 9.80. The average Bonchev–Trinajstić information content (AvgIpc) is 3.24. The summed E-state index contributed by atoms with van der Waals surface area (Å²) in [7, 11) is 0. The fourth-order valence-electron chi connectivity index (χ4n) is 6.35. The normalized spacial score (nSPS) is 26.4. The number of amides is 1. The van der Waals surface area contributed by atoms with Crippen LogP contribution in [-0.2, 0) is 11.2 Å². The van der Waals surface area contributed by atoms with Gasteiger partial charge in [0.1, 0.15) is 5.82 Å². The molecule has 2 atom stereocenters. The minimum Gasteiger partial charge on any atom is -0.368 e. The van der Waals surface area contributed by atoms with E-state index in [0.717, 1.165) is 61.9 Å². The number of pyridine rings is 1. The summed E-state index contributed by atoms with van der Waals surface area (Å²) in [5, 5.41) is 9.89. The van der Waals surface area contributed by atoms with Crippen molar-refractivity contribution in [1.29, 1.82) is 0 Å². The number of hydrogen-bond acceptors (Lipinski definition) is 7. The minimum absolute atomic E-state index is 0.00200. The summed E-state index contributed by atoms with van der Waals surface area (Å²) in [5.74, 6) is 1.70. The van der Waals surface area contributed by atoms with Crippen molar-refractivity contribution in [3.8, 4) is 0 Å². The second kappa shape index (κ2) is 7.99. The maximum absolute atomic E-state index is 12.7. The van der Waals surface area contributed by atoms with Crippen LogP contribution >= 0.6 is 0 Å². The first-order chi connectivity index (χ1) is 15.7. The Morgan fingerprint density at radius 2 is 1.91 bits per heavy atom. The van der Waals surface area contributed by atoms with Crippen molar-refractivity contribution in [1.82, 2.24) is 25.6 Å². The molecule has 32 heavy (non-hydrogen) atoms. The van der Waals surface area contributed by atoms with Gasteiger partial charge in [0, 0.05) is 44.8 Å². The molecule has 2 aromatic rings. The number of anilines is 3. The molecule has 1 spiro atoms. The summed E-state index contributed by atoms with van der Waals surface area (Å²) in [6.45, 7) is 4.80. The van der Waals surface area contributed by atoms with Crippen LogP contribution in [0.1, 0.15) is 49.3 Å². The quantitative estimate of drug-likeness (QED) is 0.684. The van der Waals surface area contributed by atoms with E-state index in [1.807, 2.05) is 18.5 Å². The van der Waals surface area contributed by atoms with Gasteiger partial charge in [-0.1, -0.05) is 19.3 Å². The van der Waals surface area contributed by atoms with Crippen LogP contribution in [0.4, 0.5) is 17.5 Å². The van der Waals surface area contributed by atoms with Gasteiger partial charge in [0.25, 0.3) is 0 Å². The average molecular weight is 434 g/mol. The van der Waals surface area contributed by atoms with Gasteiger partial charge in [0.2, 0.25) is 11.9 Å². The summed E-state index contributed by atoms with van der Waals surface area (Å²) in [6, 6.07) is 4.10. The summed E-state index contributed by atoms with van der Waals surface area (Å²) < 4.78 is 0. The number of carbonyl (C=O) groups excluding carboxylic acids is 1. The monoisotopic (exact) mass is 433 g/mol. The summed E-state index contributed by atoms with van der Waals surface area (Å²) >= 11 is 0. The molecule has 8 heteroatoms. The smallest absolute Gasteiger partial charge is 0.228 e. The molecule has 2 aliphatic heterocycles. The highest BCUT2D eigenvalue weighted by molar-refractivity contribution is 5.82. The first-order valence-corrected chi connectivity index (χ1v) is 12.0. The van der Waals surface area contributed by atoms with Crippen molar-refractivity contribution in [3.05, 3.63) is 35.8 Å². The maximum atomic E-state index is 12.7. The van der Waals surface area contributed by atoms with Crippen molar-refractivity contribution < 1.29 is 4.79 Å². The van der Waals surface area contributed by atoms with Gasteiger partial charge in [0.15, 0.2) is 0 Å². The van der Waals surface area contributed by atoms with Crippen LogP contribution in [-0.4, -0.2) is 53.6 Å². The molecule has 1 amide bonds. The lowest BCUT2D eigenvalue weighted by Crippen LogP contribution is -2.53. The summed E-state index contributed by atoms with van der Waals surface area (Å²) in [6.07, 6.45) is 10.7. The van der Waals surface area contributed by atoms with E-state index in [1.165, 1.54) is 32.1 Å². The van der Waals surface area contributed by atoms with Crippen molar-refractivity contribution in [3.63, 3.8) is 0 Å². The molecule has 2 aliphatic carbocycles. The molecule has 2 aromatic heterocycles. The highest BCUT2D eigenvalue weighted by atomic mass is 16.2. The number of hydrogen-bond donors (Lipinski definition) is 3. The Bertz CT molecular complexity index is 996. The number of rotatable bonds is 3. The number of carbonyl (C=O) groups is 1. The molecule has 0 aromatic carbocycles. The van der Waals surface area contributed by atoms with E-state index < -0.39 is 0 Å². The highest BCUT2D eigenvalue weighted by Crippen LogP contribution is 2.56. The molecule has 3 N–H and O–H groups in total. The van der Waals surface area contributed by atoms with Crippen LogP contribution in [0.15, 0.2) is 24.5 Å². The van der Waals surface area contributed by atoms with Gasteiger partial charge >= 0.3 is 0 Å². The van der Waals surface area contributed by atoms with E-state index in [0.29, 0.717) is 5.95 Å². The van der Waals surface area contributed by atoms with Gasteiger partial charge in [-0.25, -0.2) is 15.0 Å². The predicted molar refractivity (Wildman–Crippen MR) is 123 cm³/mol. The van der Waals surface area contributed by atoms with E-state index in [1.54, 1.807) is 0 Å². The van der Waals surface area contributed by atoms with E-state index in [-0.39, 0.29) is 23.2 Å². The maximum Gasteiger partial charge on any atom is 0.228 e. The van der Waals surface area contributed by atoms with Crippen molar-refractivity contribution >= 4 is 23.4 Å². The molecule has 1 saturated carbocycles. The third-order valence-electron chi connectivity index (χ3n) is 7.97. The molecule has 4 heterocycles. The zero-order valence-electron chi connectivity index (χ0n) is 18.4. The van der Waals surface area contributed by atoms with E-state index in [4.69, 9.17) is 4.98 Å². The largest absolute Gasteiger partial charge is 0.368 e.